The quantitative estimate of drug-likeness (QED) is 0.741. The average molecular weight is 214 g/mol. The van der Waals surface area contributed by atoms with E-state index >= 15 is 0 Å². The predicted octanol–water partition coefficient (Wildman–Crippen LogP) is 2.28. The Bertz CT molecular complexity index is 240. The lowest BCUT2D eigenvalue weighted by atomic mass is 9.60. The third-order valence-electron chi connectivity index (χ3n) is 3.29. The van der Waals surface area contributed by atoms with Gasteiger partial charge in [-0.1, -0.05) is 27.7 Å². The number of aliphatic carboxylic acids is 1. The topological polar surface area (TPSA) is 57.5 Å². The molecule has 15 heavy (non-hydrogen) atoms. The second-order valence-electron chi connectivity index (χ2n) is 6.46. The molecule has 1 atom stereocenters. The van der Waals surface area contributed by atoms with Crippen LogP contribution in [0.3, 0.4) is 0 Å². The van der Waals surface area contributed by atoms with Gasteiger partial charge in [-0.3, -0.25) is 0 Å². The number of carbonyl (C=O) groups is 1. The first-order valence-corrected chi connectivity index (χ1v) is 5.54. The molecule has 3 heteroatoms. The minimum absolute atomic E-state index is 0.110. The van der Waals surface area contributed by atoms with Crippen molar-refractivity contribution in [1.82, 2.24) is 0 Å². The van der Waals surface area contributed by atoms with E-state index in [2.05, 4.69) is 27.7 Å². The normalized spacial score (nSPS) is 27.3. The summed E-state index contributed by atoms with van der Waals surface area (Å²) in [5.41, 5.74) is 0.256. The number of hydrogen-bond donors (Lipinski definition) is 2. The molecule has 1 rings (SSSR count). The maximum absolute atomic E-state index is 10.8. The molecule has 0 heterocycles. The van der Waals surface area contributed by atoms with Crippen LogP contribution in [0.2, 0.25) is 0 Å². The molecule has 1 aliphatic carbocycles. The van der Waals surface area contributed by atoms with Gasteiger partial charge in [-0.05, 0) is 36.0 Å². The molecule has 1 fully saturated rings. The van der Waals surface area contributed by atoms with Crippen molar-refractivity contribution in [2.75, 3.05) is 0 Å². The van der Waals surface area contributed by atoms with Gasteiger partial charge in [-0.2, -0.15) is 0 Å². The fraction of sp³-hybridized carbons (Fsp3) is 0.917. The molecule has 0 spiro atoms. The smallest absolute Gasteiger partial charge is 0.332 e. The van der Waals surface area contributed by atoms with Gasteiger partial charge in [0, 0.05) is 0 Å². The highest BCUT2D eigenvalue weighted by molar-refractivity contribution is 5.72. The van der Waals surface area contributed by atoms with Crippen molar-refractivity contribution in [2.24, 2.45) is 16.7 Å². The van der Waals surface area contributed by atoms with Crippen LogP contribution in [0.5, 0.6) is 0 Å². The summed E-state index contributed by atoms with van der Waals surface area (Å²) in [6.07, 6.45) is 1.47. The molecular formula is C12H22O3. The third kappa shape index (κ3) is 3.20. The highest BCUT2D eigenvalue weighted by atomic mass is 16.4. The van der Waals surface area contributed by atoms with E-state index in [-0.39, 0.29) is 16.7 Å². The predicted molar refractivity (Wildman–Crippen MR) is 58.5 cm³/mol. The molecule has 0 amide bonds. The van der Waals surface area contributed by atoms with E-state index in [0.717, 1.165) is 19.3 Å². The van der Waals surface area contributed by atoms with Crippen molar-refractivity contribution in [3.63, 3.8) is 0 Å². The SMILES string of the molecule is CC1(C)CC(C(O)C(=O)O)CC(C)(C)C1. The first-order chi connectivity index (χ1) is 6.63. The zero-order valence-electron chi connectivity index (χ0n) is 10.1. The Kier molecular flexibility index (Phi) is 3.15. The summed E-state index contributed by atoms with van der Waals surface area (Å²) in [6.45, 7) is 8.59. The van der Waals surface area contributed by atoms with E-state index in [1.165, 1.54) is 0 Å². The number of rotatable bonds is 2. The highest BCUT2D eigenvalue weighted by Gasteiger charge is 2.42. The Hall–Kier alpha value is -0.570. The number of carboxylic acids is 1. The minimum atomic E-state index is -1.20. The van der Waals surface area contributed by atoms with E-state index in [1.54, 1.807) is 0 Å². The van der Waals surface area contributed by atoms with Gasteiger partial charge in [-0.25, -0.2) is 4.79 Å². The van der Waals surface area contributed by atoms with Gasteiger partial charge in [0.05, 0.1) is 0 Å². The van der Waals surface area contributed by atoms with Gasteiger partial charge in [-0.15, -0.1) is 0 Å². The van der Waals surface area contributed by atoms with Crippen LogP contribution in [0.25, 0.3) is 0 Å². The maximum atomic E-state index is 10.8. The summed E-state index contributed by atoms with van der Waals surface area (Å²) in [5.74, 6) is -1.20. The molecule has 0 bridgehead atoms. The number of carboxylic acid groups (broad SMARTS) is 1. The zero-order valence-corrected chi connectivity index (χ0v) is 10.1. The lowest BCUT2D eigenvalue weighted by Crippen LogP contribution is -2.41. The Morgan fingerprint density at radius 3 is 1.93 bits per heavy atom. The van der Waals surface area contributed by atoms with E-state index in [9.17, 15) is 9.90 Å². The van der Waals surface area contributed by atoms with Crippen molar-refractivity contribution >= 4 is 5.97 Å². The van der Waals surface area contributed by atoms with Crippen LogP contribution < -0.4 is 0 Å². The summed E-state index contributed by atoms with van der Waals surface area (Å²) in [7, 11) is 0. The second kappa shape index (κ2) is 3.78. The molecule has 0 saturated heterocycles. The fourth-order valence-electron chi connectivity index (χ4n) is 3.36. The van der Waals surface area contributed by atoms with Crippen LogP contribution in [0.4, 0.5) is 0 Å². The van der Waals surface area contributed by atoms with Crippen molar-refractivity contribution in [1.29, 1.82) is 0 Å². The lowest BCUT2D eigenvalue weighted by molar-refractivity contribution is -0.152. The van der Waals surface area contributed by atoms with Gasteiger partial charge in [0.15, 0.2) is 6.10 Å². The molecule has 0 aromatic heterocycles. The van der Waals surface area contributed by atoms with Crippen LogP contribution in [0.1, 0.15) is 47.0 Å². The van der Waals surface area contributed by atoms with E-state index in [4.69, 9.17) is 5.11 Å². The summed E-state index contributed by atoms with van der Waals surface area (Å²) < 4.78 is 0. The monoisotopic (exact) mass is 214 g/mol. The Balaban J connectivity index is 2.79. The van der Waals surface area contributed by atoms with Crippen LogP contribution in [-0.2, 0) is 4.79 Å². The number of aliphatic hydroxyl groups is 1. The second-order valence-corrected chi connectivity index (χ2v) is 6.46. The molecule has 1 aliphatic rings. The summed E-state index contributed by atoms with van der Waals surface area (Å²) in [5, 5.41) is 18.4. The first kappa shape index (κ1) is 12.5. The van der Waals surface area contributed by atoms with Crippen LogP contribution in [-0.4, -0.2) is 22.3 Å². The standard InChI is InChI=1S/C12H22O3/c1-11(2)5-8(9(13)10(14)15)6-12(3,4)7-11/h8-9,13H,5-7H2,1-4H3,(H,14,15). The fourth-order valence-corrected chi connectivity index (χ4v) is 3.36. The van der Waals surface area contributed by atoms with Gasteiger partial charge in [0.1, 0.15) is 0 Å². The number of hydrogen-bond acceptors (Lipinski definition) is 2. The van der Waals surface area contributed by atoms with Crippen LogP contribution in [0, 0.1) is 16.7 Å². The summed E-state index contributed by atoms with van der Waals surface area (Å²) >= 11 is 0. The van der Waals surface area contributed by atoms with E-state index in [0.29, 0.717) is 0 Å². The maximum Gasteiger partial charge on any atom is 0.332 e. The van der Waals surface area contributed by atoms with Gasteiger partial charge in [0.25, 0.3) is 0 Å². The molecule has 2 N–H and O–H groups in total. The Morgan fingerprint density at radius 1 is 1.20 bits per heavy atom. The molecule has 88 valence electrons. The first-order valence-electron chi connectivity index (χ1n) is 5.54. The lowest BCUT2D eigenvalue weighted by Gasteiger charge is -2.45. The molecule has 0 radical (unpaired) electrons. The van der Waals surface area contributed by atoms with Crippen molar-refractivity contribution < 1.29 is 15.0 Å². The van der Waals surface area contributed by atoms with Gasteiger partial charge < -0.3 is 10.2 Å². The van der Waals surface area contributed by atoms with E-state index < -0.39 is 12.1 Å². The number of aliphatic hydroxyl groups excluding tert-OH is 1. The molecule has 0 aromatic rings. The molecule has 0 aliphatic heterocycles. The minimum Gasteiger partial charge on any atom is -0.479 e. The third-order valence-corrected chi connectivity index (χ3v) is 3.29. The Morgan fingerprint density at radius 2 is 1.60 bits per heavy atom. The average Bonchev–Trinajstić information content (AvgIpc) is 1.96. The van der Waals surface area contributed by atoms with Crippen LogP contribution in [0.15, 0.2) is 0 Å². The zero-order chi connectivity index (χ0) is 11.9. The molecule has 1 saturated carbocycles. The molecule has 3 nitrogen and oxygen atoms in total. The summed E-state index contributed by atoms with van der Waals surface area (Å²) in [4.78, 5) is 10.8. The van der Waals surface area contributed by atoms with Crippen molar-refractivity contribution in [3.8, 4) is 0 Å². The highest BCUT2D eigenvalue weighted by Crippen LogP contribution is 2.49. The summed E-state index contributed by atoms with van der Waals surface area (Å²) in [6, 6.07) is 0. The van der Waals surface area contributed by atoms with Crippen molar-refractivity contribution in [3.05, 3.63) is 0 Å². The molecule has 0 aromatic carbocycles. The molecule has 1 unspecified atom stereocenters. The van der Waals surface area contributed by atoms with Crippen molar-refractivity contribution in [2.45, 2.75) is 53.1 Å². The van der Waals surface area contributed by atoms with Crippen LogP contribution >= 0.6 is 0 Å². The molecular weight excluding hydrogens is 192 g/mol. The van der Waals surface area contributed by atoms with E-state index in [1.807, 2.05) is 0 Å². The Labute approximate surface area is 91.5 Å². The largest absolute Gasteiger partial charge is 0.479 e. The van der Waals surface area contributed by atoms with Gasteiger partial charge >= 0.3 is 5.97 Å². The van der Waals surface area contributed by atoms with Gasteiger partial charge in [0.2, 0.25) is 0 Å².